The predicted molar refractivity (Wildman–Crippen MR) is 89.5 cm³/mol. The van der Waals surface area contributed by atoms with Gasteiger partial charge in [0.25, 0.3) is 0 Å². The zero-order valence-corrected chi connectivity index (χ0v) is 14.2. The summed E-state index contributed by atoms with van der Waals surface area (Å²) in [5.41, 5.74) is 1.15. The van der Waals surface area contributed by atoms with Gasteiger partial charge >= 0.3 is 5.97 Å². The summed E-state index contributed by atoms with van der Waals surface area (Å²) < 4.78 is 5.74. The highest BCUT2D eigenvalue weighted by Crippen LogP contribution is 2.26. The van der Waals surface area contributed by atoms with Crippen molar-refractivity contribution in [2.24, 2.45) is 0 Å². The zero-order chi connectivity index (χ0) is 15.5. The Bertz CT molecular complexity index is 820. The first-order chi connectivity index (χ1) is 10.6. The van der Waals surface area contributed by atoms with Gasteiger partial charge in [-0.15, -0.1) is 11.3 Å². The number of aromatic nitrogens is 2. The fourth-order valence-electron chi connectivity index (χ4n) is 1.69. The SMILES string of the molecule is O=C(Oc1cccnc1Br)c1csc(-c2ccc(Cl)cc2)n1. The van der Waals surface area contributed by atoms with Crippen LogP contribution in [0.2, 0.25) is 5.02 Å². The molecule has 0 saturated heterocycles. The van der Waals surface area contributed by atoms with Crippen LogP contribution in [0.25, 0.3) is 10.6 Å². The van der Waals surface area contributed by atoms with E-state index in [0.717, 1.165) is 10.6 Å². The second-order valence-electron chi connectivity index (χ2n) is 4.23. The van der Waals surface area contributed by atoms with Gasteiger partial charge in [-0.3, -0.25) is 0 Å². The molecule has 7 heteroatoms. The average molecular weight is 396 g/mol. The fourth-order valence-corrected chi connectivity index (χ4v) is 2.94. The van der Waals surface area contributed by atoms with Gasteiger partial charge in [-0.25, -0.2) is 14.8 Å². The van der Waals surface area contributed by atoms with E-state index < -0.39 is 5.97 Å². The molecule has 0 unspecified atom stereocenters. The van der Waals surface area contributed by atoms with Crippen LogP contribution in [0.4, 0.5) is 0 Å². The van der Waals surface area contributed by atoms with Gasteiger partial charge in [0.1, 0.15) is 9.61 Å². The highest BCUT2D eigenvalue weighted by Gasteiger charge is 2.15. The number of ether oxygens (including phenoxy) is 1. The van der Waals surface area contributed by atoms with Gasteiger partial charge < -0.3 is 4.74 Å². The first-order valence-corrected chi connectivity index (χ1v) is 8.23. The summed E-state index contributed by atoms with van der Waals surface area (Å²) in [6.45, 7) is 0. The van der Waals surface area contributed by atoms with Gasteiger partial charge in [-0.05, 0) is 40.2 Å². The number of halogens is 2. The molecule has 110 valence electrons. The van der Waals surface area contributed by atoms with E-state index in [9.17, 15) is 4.79 Å². The van der Waals surface area contributed by atoms with Crippen molar-refractivity contribution < 1.29 is 9.53 Å². The molecule has 0 aliphatic rings. The van der Waals surface area contributed by atoms with Crippen LogP contribution in [0.1, 0.15) is 10.5 Å². The van der Waals surface area contributed by atoms with Gasteiger partial charge in [0.2, 0.25) is 0 Å². The Kier molecular flexibility index (Phi) is 4.52. The molecule has 0 bridgehead atoms. The standard InChI is InChI=1S/C15H8BrClN2O2S/c16-13-12(2-1-7-18-13)21-15(20)11-8-22-14(19-11)9-3-5-10(17)6-4-9/h1-8H. The average Bonchev–Trinajstić information content (AvgIpc) is 3.00. The smallest absolute Gasteiger partial charge is 0.363 e. The van der Waals surface area contributed by atoms with E-state index in [2.05, 4.69) is 25.9 Å². The lowest BCUT2D eigenvalue weighted by atomic mass is 10.2. The third kappa shape index (κ3) is 3.35. The van der Waals surface area contributed by atoms with E-state index in [1.807, 2.05) is 12.1 Å². The molecule has 2 heterocycles. The van der Waals surface area contributed by atoms with E-state index in [1.165, 1.54) is 11.3 Å². The number of carbonyl (C=O) groups is 1. The van der Waals surface area contributed by atoms with Crippen molar-refractivity contribution >= 4 is 44.8 Å². The predicted octanol–water partition coefficient (Wildman–Crippen LogP) is 4.84. The Morgan fingerprint density at radius 2 is 2.00 bits per heavy atom. The highest BCUT2D eigenvalue weighted by atomic mass is 79.9. The van der Waals surface area contributed by atoms with Crippen molar-refractivity contribution in [2.75, 3.05) is 0 Å². The maximum Gasteiger partial charge on any atom is 0.363 e. The van der Waals surface area contributed by atoms with Crippen LogP contribution in [0.5, 0.6) is 5.75 Å². The first-order valence-electron chi connectivity index (χ1n) is 6.17. The largest absolute Gasteiger partial charge is 0.419 e. The summed E-state index contributed by atoms with van der Waals surface area (Å²) in [6.07, 6.45) is 1.60. The second kappa shape index (κ2) is 6.56. The third-order valence-corrected chi connectivity index (χ3v) is 4.47. The summed E-state index contributed by atoms with van der Waals surface area (Å²) in [7, 11) is 0. The van der Waals surface area contributed by atoms with Crippen LogP contribution in [-0.2, 0) is 0 Å². The lowest BCUT2D eigenvalue weighted by Crippen LogP contribution is -2.09. The van der Waals surface area contributed by atoms with Gasteiger partial charge in [0, 0.05) is 22.2 Å². The van der Waals surface area contributed by atoms with Crippen molar-refractivity contribution in [2.45, 2.75) is 0 Å². The molecule has 0 spiro atoms. The van der Waals surface area contributed by atoms with Crippen molar-refractivity contribution in [1.82, 2.24) is 9.97 Å². The quantitative estimate of drug-likeness (QED) is 0.470. The Morgan fingerprint density at radius 1 is 1.23 bits per heavy atom. The Morgan fingerprint density at radius 3 is 2.73 bits per heavy atom. The maximum atomic E-state index is 12.1. The van der Waals surface area contributed by atoms with E-state index in [-0.39, 0.29) is 5.69 Å². The van der Waals surface area contributed by atoms with Gasteiger partial charge in [0.15, 0.2) is 11.4 Å². The lowest BCUT2D eigenvalue weighted by molar-refractivity contribution is 0.0727. The number of hydrogen-bond donors (Lipinski definition) is 0. The van der Waals surface area contributed by atoms with Crippen LogP contribution in [0, 0.1) is 0 Å². The molecule has 4 nitrogen and oxygen atoms in total. The van der Waals surface area contributed by atoms with E-state index in [1.54, 1.807) is 35.8 Å². The fraction of sp³-hybridized carbons (Fsp3) is 0. The number of hydrogen-bond acceptors (Lipinski definition) is 5. The summed E-state index contributed by atoms with van der Waals surface area (Å²) in [6, 6.07) is 10.6. The summed E-state index contributed by atoms with van der Waals surface area (Å²) in [4.78, 5) is 20.4. The molecule has 0 saturated carbocycles. The van der Waals surface area contributed by atoms with Gasteiger partial charge in [-0.1, -0.05) is 23.7 Å². The van der Waals surface area contributed by atoms with Crippen LogP contribution < -0.4 is 4.74 Å². The van der Waals surface area contributed by atoms with Crippen molar-refractivity contribution in [3.05, 3.63) is 63.3 Å². The zero-order valence-electron chi connectivity index (χ0n) is 11.0. The Hall–Kier alpha value is -1.76. The number of esters is 1. The summed E-state index contributed by atoms with van der Waals surface area (Å²) in [5.74, 6) is -0.168. The van der Waals surface area contributed by atoms with E-state index in [4.69, 9.17) is 16.3 Å². The minimum absolute atomic E-state index is 0.255. The number of nitrogens with zero attached hydrogens (tertiary/aromatic N) is 2. The molecule has 2 aromatic heterocycles. The van der Waals surface area contributed by atoms with E-state index >= 15 is 0 Å². The van der Waals surface area contributed by atoms with Crippen LogP contribution >= 0.6 is 38.9 Å². The van der Waals surface area contributed by atoms with Crippen molar-refractivity contribution in [3.8, 4) is 16.3 Å². The van der Waals surface area contributed by atoms with Crippen LogP contribution in [0.3, 0.4) is 0 Å². The Labute approximate surface area is 143 Å². The topological polar surface area (TPSA) is 52.1 Å². The minimum Gasteiger partial charge on any atom is -0.419 e. The summed E-state index contributed by atoms with van der Waals surface area (Å²) in [5, 5.41) is 3.05. The molecule has 0 N–H and O–H groups in total. The molecule has 22 heavy (non-hydrogen) atoms. The lowest BCUT2D eigenvalue weighted by Gasteiger charge is -2.03. The molecule has 0 fully saturated rings. The first kappa shape index (κ1) is 15.1. The summed E-state index contributed by atoms with van der Waals surface area (Å²) >= 11 is 10.5. The van der Waals surface area contributed by atoms with Crippen LogP contribution in [-0.4, -0.2) is 15.9 Å². The highest BCUT2D eigenvalue weighted by molar-refractivity contribution is 9.10. The molecule has 3 aromatic rings. The third-order valence-electron chi connectivity index (χ3n) is 2.73. The molecule has 3 rings (SSSR count). The van der Waals surface area contributed by atoms with E-state index in [0.29, 0.717) is 15.4 Å². The molecule has 0 radical (unpaired) electrons. The normalized spacial score (nSPS) is 10.5. The number of pyridine rings is 1. The number of rotatable bonds is 3. The second-order valence-corrected chi connectivity index (χ2v) is 6.27. The molecule has 0 atom stereocenters. The Balaban J connectivity index is 1.80. The monoisotopic (exact) mass is 394 g/mol. The molecule has 0 aliphatic carbocycles. The van der Waals surface area contributed by atoms with Crippen molar-refractivity contribution in [1.29, 1.82) is 0 Å². The van der Waals surface area contributed by atoms with Gasteiger partial charge in [-0.2, -0.15) is 0 Å². The molecular weight excluding hydrogens is 388 g/mol. The number of carbonyl (C=O) groups excluding carboxylic acids is 1. The van der Waals surface area contributed by atoms with Crippen LogP contribution in [0.15, 0.2) is 52.6 Å². The molecular formula is C15H8BrClN2O2S. The number of thiazole rings is 1. The number of benzene rings is 1. The van der Waals surface area contributed by atoms with Gasteiger partial charge in [0.05, 0.1) is 0 Å². The molecule has 0 aliphatic heterocycles. The molecule has 1 aromatic carbocycles. The minimum atomic E-state index is -0.523. The van der Waals surface area contributed by atoms with Crippen molar-refractivity contribution in [3.63, 3.8) is 0 Å². The maximum absolute atomic E-state index is 12.1. The molecule has 0 amide bonds.